The Morgan fingerprint density at radius 2 is 2.00 bits per heavy atom. The quantitative estimate of drug-likeness (QED) is 0.594. The van der Waals surface area contributed by atoms with Gasteiger partial charge in [-0.15, -0.1) is 0 Å². The number of carbonyl (C=O) groups is 2. The van der Waals surface area contributed by atoms with E-state index in [0.29, 0.717) is 37.6 Å². The third kappa shape index (κ3) is 4.81. The van der Waals surface area contributed by atoms with Gasteiger partial charge in [0.1, 0.15) is 6.07 Å². The van der Waals surface area contributed by atoms with Crippen LogP contribution < -0.4 is 10.2 Å². The molecule has 0 saturated carbocycles. The topological polar surface area (TPSA) is 116 Å². The lowest BCUT2D eigenvalue weighted by Crippen LogP contribution is -2.43. The van der Waals surface area contributed by atoms with Crippen molar-refractivity contribution < 1.29 is 18.4 Å². The zero-order chi connectivity index (χ0) is 24.2. The number of nitrogens with one attached hydrogen (secondary N) is 1. The number of piperidine rings is 1. The Balaban J connectivity index is 1.33. The van der Waals surface area contributed by atoms with E-state index in [1.165, 1.54) is 11.2 Å². The van der Waals surface area contributed by atoms with Gasteiger partial charge in [-0.25, -0.2) is 0 Å². The fourth-order valence-corrected chi connectivity index (χ4v) is 4.12. The van der Waals surface area contributed by atoms with Crippen molar-refractivity contribution in [1.29, 1.82) is 5.26 Å². The Labute approximate surface area is 198 Å². The number of benzene rings is 1. The van der Waals surface area contributed by atoms with E-state index < -0.39 is 0 Å². The minimum atomic E-state index is -0.229. The van der Waals surface area contributed by atoms with Crippen LogP contribution in [0.25, 0.3) is 11.7 Å². The molecule has 0 spiro atoms. The molecule has 0 unspecified atom stereocenters. The van der Waals surface area contributed by atoms with Crippen LogP contribution in [0.5, 0.6) is 0 Å². The van der Waals surface area contributed by atoms with Gasteiger partial charge in [-0.05, 0) is 56.0 Å². The molecule has 1 aliphatic rings. The highest BCUT2D eigenvalue weighted by atomic mass is 16.4. The maximum Gasteiger partial charge on any atom is 0.266 e. The fraction of sp³-hybridized carbons (Fsp3) is 0.360. The standard InChI is InChI=1S/C25H27N5O4/c1-16-6-4-7-19(17(16)2)27-22(31)15-29(3)24(32)18-9-11-30(12-10-18)25-20(14-26)28-23(34-25)21-8-5-13-33-21/h4-8,13,18H,9-12,15H2,1-3H3,(H,27,31). The van der Waals surface area contributed by atoms with Crippen molar-refractivity contribution >= 4 is 23.4 Å². The smallest absolute Gasteiger partial charge is 0.266 e. The van der Waals surface area contributed by atoms with Crippen LogP contribution in [-0.2, 0) is 9.59 Å². The van der Waals surface area contributed by atoms with Gasteiger partial charge in [-0.2, -0.15) is 10.2 Å². The van der Waals surface area contributed by atoms with Gasteiger partial charge < -0.3 is 24.0 Å². The van der Waals surface area contributed by atoms with Gasteiger partial charge in [0.15, 0.2) is 5.76 Å². The molecule has 1 saturated heterocycles. The second-order valence-corrected chi connectivity index (χ2v) is 8.51. The SMILES string of the molecule is Cc1cccc(NC(=O)CN(C)C(=O)C2CCN(c3oc(-c4ccco4)nc3C#N)CC2)c1C. The number of likely N-dealkylation sites (N-methyl/N-ethyl adjacent to an activating group) is 1. The molecule has 3 aromatic rings. The molecule has 9 heteroatoms. The van der Waals surface area contributed by atoms with Crippen molar-refractivity contribution in [2.75, 3.05) is 36.9 Å². The third-order valence-electron chi connectivity index (χ3n) is 6.21. The average molecular weight is 462 g/mol. The van der Waals surface area contributed by atoms with Crippen LogP contribution in [0, 0.1) is 31.1 Å². The van der Waals surface area contributed by atoms with Gasteiger partial charge in [0, 0.05) is 31.7 Å². The summed E-state index contributed by atoms with van der Waals surface area (Å²) >= 11 is 0. The highest BCUT2D eigenvalue weighted by molar-refractivity contribution is 5.95. The number of aromatic nitrogens is 1. The number of oxazole rings is 1. The maximum absolute atomic E-state index is 13.0. The number of hydrogen-bond acceptors (Lipinski definition) is 7. The Bertz CT molecular complexity index is 1220. The zero-order valence-electron chi connectivity index (χ0n) is 19.5. The summed E-state index contributed by atoms with van der Waals surface area (Å²) in [6, 6.07) is 11.2. The fourth-order valence-electron chi connectivity index (χ4n) is 4.12. The van der Waals surface area contributed by atoms with E-state index in [1.54, 1.807) is 19.2 Å². The second kappa shape index (κ2) is 9.83. The summed E-state index contributed by atoms with van der Waals surface area (Å²) in [5, 5.41) is 12.4. The molecule has 1 N–H and O–H groups in total. The monoisotopic (exact) mass is 461 g/mol. The first-order chi connectivity index (χ1) is 16.4. The summed E-state index contributed by atoms with van der Waals surface area (Å²) in [5.74, 6) is 0.601. The van der Waals surface area contributed by atoms with Crippen molar-refractivity contribution in [2.45, 2.75) is 26.7 Å². The van der Waals surface area contributed by atoms with Gasteiger partial charge in [-0.3, -0.25) is 9.59 Å². The van der Waals surface area contributed by atoms with E-state index in [4.69, 9.17) is 8.83 Å². The molecule has 9 nitrogen and oxygen atoms in total. The van der Waals surface area contributed by atoms with E-state index in [0.717, 1.165) is 16.8 Å². The maximum atomic E-state index is 13.0. The Kier molecular flexibility index (Phi) is 6.68. The second-order valence-electron chi connectivity index (χ2n) is 8.51. The molecule has 0 radical (unpaired) electrons. The lowest BCUT2D eigenvalue weighted by Gasteiger charge is -2.32. The summed E-state index contributed by atoms with van der Waals surface area (Å²) in [7, 11) is 1.65. The van der Waals surface area contributed by atoms with Crippen LogP contribution in [-0.4, -0.2) is 48.4 Å². The first kappa shape index (κ1) is 23.1. The van der Waals surface area contributed by atoms with Crippen LogP contribution in [0.4, 0.5) is 11.6 Å². The minimum absolute atomic E-state index is 0.0143. The van der Waals surface area contributed by atoms with Crippen molar-refractivity contribution in [3.8, 4) is 17.7 Å². The van der Waals surface area contributed by atoms with Crippen molar-refractivity contribution in [3.63, 3.8) is 0 Å². The number of hydrogen-bond donors (Lipinski definition) is 1. The highest BCUT2D eigenvalue weighted by Crippen LogP contribution is 2.31. The normalized spacial score (nSPS) is 14.0. The van der Waals surface area contributed by atoms with E-state index in [-0.39, 0.29) is 35.9 Å². The average Bonchev–Trinajstić information content (AvgIpc) is 3.51. The van der Waals surface area contributed by atoms with Crippen molar-refractivity contribution in [2.24, 2.45) is 5.92 Å². The molecule has 34 heavy (non-hydrogen) atoms. The summed E-state index contributed by atoms with van der Waals surface area (Å²) in [6.07, 6.45) is 2.69. The third-order valence-corrected chi connectivity index (χ3v) is 6.21. The van der Waals surface area contributed by atoms with E-state index in [1.807, 2.05) is 36.9 Å². The molecule has 176 valence electrons. The number of amides is 2. The van der Waals surface area contributed by atoms with Gasteiger partial charge in [-0.1, -0.05) is 12.1 Å². The molecule has 0 aliphatic carbocycles. The molecule has 3 heterocycles. The van der Waals surface area contributed by atoms with Crippen LogP contribution in [0.1, 0.15) is 29.7 Å². The number of anilines is 2. The molecule has 0 bridgehead atoms. The number of nitrogens with zero attached hydrogens (tertiary/aromatic N) is 4. The van der Waals surface area contributed by atoms with Crippen LogP contribution in [0.15, 0.2) is 45.4 Å². The van der Waals surface area contributed by atoms with Gasteiger partial charge in [0.05, 0.1) is 12.8 Å². The lowest BCUT2D eigenvalue weighted by molar-refractivity contribution is -0.137. The molecule has 0 atom stereocenters. The summed E-state index contributed by atoms with van der Waals surface area (Å²) in [4.78, 5) is 33.1. The molecular weight excluding hydrogens is 434 g/mol. The number of carbonyl (C=O) groups excluding carboxylic acids is 2. The number of rotatable bonds is 6. The molecule has 2 amide bonds. The molecule has 1 aromatic carbocycles. The molecule has 1 fully saturated rings. The van der Waals surface area contributed by atoms with Gasteiger partial charge in [0.2, 0.25) is 23.4 Å². The molecule has 1 aliphatic heterocycles. The highest BCUT2D eigenvalue weighted by Gasteiger charge is 2.31. The summed E-state index contributed by atoms with van der Waals surface area (Å²) < 4.78 is 11.1. The summed E-state index contributed by atoms with van der Waals surface area (Å²) in [5.41, 5.74) is 3.05. The van der Waals surface area contributed by atoms with E-state index in [9.17, 15) is 14.9 Å². The molecule has 2 aromatic heterocycles. The Hall–Kier alpha value is -4.06. The van der Waals surface area contributed by atoms with Crippen molar-refractivity contribution in [1.82, 2.24) is 9.88 Å². The lowest BCUT2D eigenvalue weighted by atomic mass is 9.95. The zero-order valence-corrected chi connectivity index (χ0v) is 19.5. The minimum Gasteiger partial charge on any atom is -0.459 e. The Morgan fingerprint density at radius 3 is 2.68 bits per heavy atom. The van der Waals surface area contributed by atoms with Crippen LogP contribution in [0.3, 0.4) is 0 Å². The van der Waals surface area contributed by atoms with Crippen molar-refractivity contribution in [3.05, 3.63) is 53.4 Å². The first-order valence-electron chi connectivity index (χ1n) is 11.2. The van der Waals surface area contributed by atoms with Crippen LogP contribution in [0.2, 0.25) is 0 Å². The van der Waals surface area contributed by atoms with E-state index in [2.05, 4.69) is 16.4 Å². The molecule has 4 rings (SSSR count). The number of nitriles is 1. The summed E-state index contributed by atoms with van der Waals surface area (Å²) in [6.45, 7) is 5.01. The first-order valence-corrected chi connectivity index (χ1v) is 11.2. The van der Waals surface area contributed by atoms with Gasteiger partial charge in [0.25, 0.3) is 5.89 Å². The Morgan fingerprint density at radius 1 is 1.24 bits per heavy atom. The number of aryl methyl sites for hydroxylation is 1. The van der Waals surface area contributed by atoms with Gasteiger partial charge >= 0.3 is 0 Å². The predicted molar refractivity (Wildman–Crippen MR) is 126 cm³/mol. The van der Waals surface area contributed by atoms with Crippen LogP contribution >= 0.6 is 0 Å². The molecular formula is C25H27N5O4. The number of furan rings is 1. The largest absolute Gasteiger partial charge is 0.459 e. The predicted octanol–water partition coefficient (Wildman–Crippen LogP) is 3.74. The van der Waals surface area contributed by atoms with E-state index >= 15 is 0 Å².